The number of hydrogen-bond acceptors (Lipinski definition) is 0. The summed E-state index contributed by atoms with van der Waals surface area (Å²) in [4.78, 5) is 0. The summed E-state index contributed by atoms with van der Waals surface area (Å²) in [6.45, 7) is 7.54. The van der Waals surface area contributed by atoms with Crippen LogP contribution in [0.1, 0.15) is 64.7 Å². The van der Waals surface area contributed by atoms with E-state index in [4.69, 9.17) is 6.58 Å². The first-order valence-electron chi connectivity index (χ1n) is 5.45. The molecule has 0 aromatic heterocycles. The fourth-order valence-electron chi connectivity index (χ4n) is 1.40. The molecular weight excluding hydrogens is 330 g/mol. The van der Waals surface area contributed by atoms with Gasteiger partial charge in [-0.05, 0) is 12.8 Å². The number of unbranched alkanes of at least 4 members (excludes halogenated alkanes) is 8. The Morgan fingerprint density at radius 3 is 1.60 bits per heavy atom. The molecule has 3 heteroatoms. The van der Waals surface area contributed by atoms with Crippen LogP contribution < -0.4 is 24.8 Å². The van der Waals surface area contributed by atoms with Gasteiger partial charge in [0.15, 0.2) is 0 Å². The van der Waals surface area contributed by atoms with E-state index in [9.17, 15) is 0 Å². The van der Waals surface area contributed by atoms with E-state index in [0.29, 0.717) is 0 Å². The molecule has 0 bridgehead atoms. The van der Waals surface area contributed by atoms with Gasteiger partial charge in [-0.25, -0.2) is 0 Å². The Bertz CT molecular complexity index is 97.6. The normalized spacial score (nSPS) is 8.07. The summed E-state index contributed by atoms with van der Waals surface area (Å²) in [5.74, 6) is 0. The van der Waals surface area contributed by atoms with Crippen LogP contribution in [0.25, 0.3) is 0 Å². The average Bonchev–Trinajstić information content (AvgIpc) is 2.10. The number of rotatable bonds is 9. The molecule has 15 heavy (non-hydrogen) atoms. The van der Waals surface area contributed by atoms with E-state index in [0.717, 1.165) is 6.42 Å². The van der Waals surface area contributed by atoms with Crippen molar-refractivity contribution in [1.29, 1.82) is 0 Å². The quantitative estimate of drug-likeness (QED) is 0.427. The molecule has 0 aliphatic carbocycles. The van der Waals surface area contributed by atoms with Crippen molar-refractivity contribution in [1.82, 2.24) is 0 Å². The van der Waals surface area contributed by atoms with E-state index in [-0.39, 0.29) is 50.7 Å². The molecule has 0 aliphatic heterocycles. The van der Waals surface area contributed by atoms with Crippen molar-refractivity contribution in [2.24, 2.45) is 0 Å². The summed E-state index contributed by atoms with van der Waals surface area (Å²) in [6.07, 6.45) is 14.0. The second-order valence-electron chi connectivity index (χ2n) is 3.50. The largest absolute Gasteiger partial charge is 1.00 e. The Kier molecular flexibility index (Phi) is 40.9. The van der Waals surface area contributed by atoms with Gasteiger partial charge in [-0.1, -0.05) is 64.5 Å². The van der Waals surface area contributed by atoms with E-state index in [1.807, 2.05) is 0 Å². The van der Waals surface area contributed by atoms with Crippen LogP contribution in [0.4, 0.5) is 0 Å². The molecule has 0 unspecified atom stereocenters. The molecule has 0 aromatic carbocycles. The van der Waals surface area contributed by atoms with Crippen molar-refractivity contribution in [3.05, 3.63) is 12.7 Å². The van der Waals surface area contributed by atoms with Crippen molar-refractivity contribution in [2.45, 2.75) is 64.7 Å². The molecule has 90 valence electrons. The van der Waals surface area contributed by atoms with Gasteiger partial charge >= 0.3 is 0 Å². The predicted molar refractivity (Wildman–Crippen MR) is 61.9 cm³/mol. The van der Waals surface area contributed by atoms with Crippen LogP contribution >= 0.6 is 0 Å². The number of allylic oxidation sites excluding steroid dienone is 1. The minimum absolute atomic E-state index is 0. The predicted octanol–water partition coefficient (Wildman–Crippen LogP) is -1.87. The van der Waals surface area contributed by atoms with E-state index in [1.54, 1.807) is 6.08 Å². The summed E-state index contributed by atoms with van der Waals surface area (Å²) in [7, 11) is 0. The summed E-state index contributed by atoms with van der Waals surface area (Å²) in [6, 6.07) is 0. The molecule has 0 N–H and O–H groups in total. The molecule has 4 radical (unpaired) electrons. The Labute approximate surface area is 127 Å². The third-order valence-electron chi connectivity index (χ3n) is 2.22. The van der Waals surface area contributed by atoms with Crippen molar-refractivity contribution < 1.29 is 24.8 Å². The molecule has 0 saturated carbocycles. The smallest absolute Gasteiger partial charge is 0 e. The van der Waals surface area contributed by atoms with E-state index >= 15 is 0 Å². The Hall–Kier alpha value is 1.19. The maximum Gasteiger partial charge on any atom is 0 e. The second kappa shape index (κ2) is 24.4. The van der Waals surface area contributed by atoms with Crippen molar-refractivity contribution in [3.8, 4) is 0 Å². The topological polar surface area (TPSA) is 0 Å². The van der Waals surface area contributed by atoms with Crippen LogP contribution in [0.2, 0.25) is 0 Å². The Morgan fingerprint density at radius 2 is 1.20 bits per heavy atom. The second-order valence-corrected chi connectivity index (χ2v) is 3.50. The third-order valence-corrected chi connectivity index (χ3v) is 2.22. The summed E-state index contributed by atoms with van der Waals surface area (Å²) >= 11 is 0. The molecule has 0 atom stereocenters. The number of halogens is 2. The van der Waals surface area contributed by atoms with E-state index in [1.165, 1.54) is 51.4 Å². The van der Waals surface area contributed by atoms with Crippen molar-refractivity contribution >= 4 is 25.8 Å². The van der Waals surface area contributed by atoms with Crippen LogP contribution in [-0.2, 0) is 0 Å². The van der Waals surface area contributed by atoms with Gasteiger partial charge in [0.25, 0.3) is 0 Å². The SMILES string of the molecule is [CH]=CCCCCCCCCCC.[Cl-].[Cl-].[In]. The van der Waals surface area contributed by atoms with Gasteiger partial charge in [0, 0.05) is 25.8 Å². The van der Waals surface area contributed by atoms with Gasteiger partial charge in [-0.15, -0.1) is 0 Å². The molecule has 0 aromatic rings. The van der Waals surface area contributed by atoms with Gasteiger partial charge < -0.3 is 24.8 Å². The maximum atomic E-state index is 5.28. The third kappa shape index (κ3) is 25.5. The molecule has 0 amide bonds. The molecule has 0 rings (SSSR count). The van der Waals surface area contributed by atoms with Crippen molar-refractivity contribution in [3.63, 3.8) is 0 Å². The Morgan fingerprint density at radius 1 is 0.800 bits per heavy atom. The van der Waals surface area contributed by atoms with Gasteiger partial charge in [0.2, 0.25) is 0 Å². The Balaban J connectivity index is -0.000000202. The monoisotopic (exact) mass is 352 g/mol. The first kappa shape index (κ1) is 25.1. The van der Waals surface area contributed by atoms with Gasteiger partial charge in [0.05, 0.1) is 0 Å². The maximum absolute atomic E-state index is 5.28. The first-order chi connectivity index (χ1) is 5.91. The summed E-state index contributed by atoms with van der Waals surface area (Å²) < 4.78 is 0. The molecule has 0 nitrogen and oxygen atoms in total. The fraction of sp³-hybridized carbons (Fsp3) is 0.833. The van der Waals surface area contributed by atoms with Gasteiger partial charge in [0.1, 0.15) is 0 Å². The zero-order valence-electron chi connectivity index (χ0n) is 9.85. The van der Waals surface area contributed by atoms with Crippen LogP contribution in [0, 0.1) is 6.58 Å². The van der Waals surface area contributed by atoms with Crippen molar-refractivity contribution in [2.75, 3.05) is 0 Å². The summed E-state index contributed by atoms with van der Waals surface area (Å²) in [5.41, 5.74) is 0. The van der Waals surface area contributed by atoms with Gasteiger partial charge in [-0.2, -0.15) is 0 Å². The van der Waals surface area contributed by atoms with Crippen LogP contribution in [0.15, 0.2) is 6.08 Å². The minimum Gasteiger partial charge on any atom is -1.00 e. The zero-order valence-corrected chi connectivity index (χ0v) is 14.7. The molecule has 0 spiro atoms. The molecule has 0 heterocycles. The molecular formula is C12H23Cl2In-2. The summed E-state index contributed by atoms with van der Waals surface area (Å²) in [5, 5.41) is 0. The fourth-order valence-corrected chi connectivity index (χ4v) is 1.40. The minimum atomic E-state index is 0. The van der Waals surface area contributed by atoms with Crippen LogP contribution in [0.5, 0.6) is 0 Å². The molecule has 0 aliphatic rings. The van der Waals surface area contributed by atoms with Crippen LogP contribution in [0.3, 0.4) is 0 Å². The zero-order chi connectivity index (χ0) is 9.07. The van der Waals surface area contributed by atoms with Crippen LogP contribution in [-0.4, -0.2) is 25.8 Å². The number of hydrogen-bond donors (Lipinski definition) is 0. The van der Waals surface area contributed by atoms with Gasteiger partial charge in [-0.3, -0.25) is 0 Å². The average molecular weight is 353 g/mol. The van der Waals surface area contributed by atoms with E-state index < -0.39 is 0 Å². The first-order valence-corrected chi connectivity index (χ1v) is 5.45. The standard InChI is InChI=1S/C12H23.2ClH.In/c1-3-5-7-9-11-12-10-8-6-4-2;;;/h1,3H,4-12H2,2H3;2*1H;/p-2. The molecule has 0 fully saturated rings. The van der Waals surface area contributed by atoms with E-state index in [2.05, 4.69) is 6.92 Å². The molecule has 0 saturated heterocycles.